The molecule has 3 nitrogen and oxygen atoms in total. The zero-order valence-electron chi connectivity index (χ0n) is 10.5. The number of amides is 1. The summed E-state index contributed by atoms with van der Waals surface area (Å²) in [5.74, 6) is 0.556. The molecule has 0 rings (SSSR count). The van der Waals surface area contributed by atoms with E-state index in [1.807, 2.05) is 18.7 Å². The lowest BCUT2D eigenvalue weighted by atomic mass is 10.1. The second-order valence-corrected chi connectivity index (χ2v) is 4.38. The molecule has 0 aliphatic rings. The maximum absolute atomic E-state index is 11.9. The quantitative estimate of drug-likeness (QED) is 0.706. The number of hydrogen-bond acceptors (Lipinski definition) is 2. The van der Waals surface area contributed by atoms with E-state index in [4.69, 9.17) is 5.11 Å². The van der Waals surface area contributed by atoms with E-state index in [-0.39, 0.29) is 18.6 Å². The number of carbonyl (C=O) groups is 1. The van der Waals surface area contributed by atoms with Crippen molar-refractivity contribution in [3.05, 3.63) is 0 Å². The van der Waals surface area contributed by atoms with E-state index >= 15 is 0 Å². The fourth-order valence-corrected chi connectivity index (χ4v) is 1.81. The average molecular weight is 215 g/mol. The van der Waals surface area contributed by atoms with Crippen molar-refractivity contribution in [3.63, 3.8) is 0 Å². The van der Waals surface area contributed by atoms with Gasteiger partial charge in [-0.15, -0.1) is 0 Å². The van der Waals surface area contributed by atoms with Crippen LogP contribution in [-0.2, 0) is 4.79 Å². The first-order valence-electron chi connectivity index (χ1n) is 5.97. The third kappa shape index (κ3) is 5.17. The van der Waals surface area contributed by atoms with Crippen molar-refractivity contribution in [2.45, 2.75) is 53.0 Å². The molecular formula is C12H25NO2. The second kappa shape index (κ2) is 7.69. The highest BCUT2D eigenvalue weighted by molar-refractivity contribution is 5.76. The molecule has 0 radical (unpaired) electrons. The van der Waals surface area contributed by atoms with Crippen LogP contribution in [0.15, 0.2) is 0 Å². The Kier molecular flexibility index (Phi) is 7.39. The van der Waals surface area contributed by atoms with Gasteiger partial charge in [0.1, 0.15) is 0 Å². The van der Waals surface area contributed by atoms with Crippen LogP contribution in [0.1, 0.15) is 47.0 Å². The van der Waals surface area contributed by atoms with Gasteiger partial charge < -0.3 is 10.0 Å². The van der Waals surface area contributed by atoms with E-state index in [2.05, 4.69) is 13.8 Å². The molecule has 0 bridgehead atoms. The molecule has 0 saturated heterocycles. The minimum absolute atomic E-state index is 0.0559. The van der Waals surface area contributed by atoms with Crippen molar-refractivity contribution in [1.82, 2.24) is 4.90 Å². The summed E-state index contributed by atoms with van der Waals surface area (Å²) in [6.45, 7) is 8.78. The zero-order chi connectivity index (χ0) is 11.8. The van der Waals surface area contributed by atoms with Gasteiger partial charge in [-0.3, -0.25) is 4.79 Å². The monoisotopic (exact) mass is 215 g/mol. The molecule has 3 heteroatoms. The summed E-state index contributed by atoms with van der Waals surface area (Å²) in [5, 5.41) is 8.97. The summed E-state index contributed by atoms with van der Waals surface area (Å²) in [6, 6.07) is 0.281. The molecule has 0 heterocycles. The Morgan fingerprint density at radius 1 is 1.27 bits per heavy atom. The number of aliphatic hydroxyl groups is 1. The third-order valence-corrected chi connectivity index (χ3v) is 2.63. The molecule has 0 aromatic carbocycles. The van der Waals surface area contributed by atoms with Crippen molar-refractivity contribution in [1.29, 1.82) is 0 Å². The Balaban J connectivity index is 4.41. The minimum Gasteiger partial charge on any atom is -0.395 e. The Labute approximate surface area is 93.5 Å². The molecule has 90 valence electrons. The molecule has 0 saturated carbocycles. The Hall–Kier alpha value is -0.570. The van der Waals surface area contributed by atoms with E-state index in [0.717, 1.165) is 12.8 Å². The molecule has 0 fully saturated rings. The Bertz CT molecular complexity index is 176. The van der Waals surface area contributed by atoms with Gasteiger partial charge in [0.25, 0.3) is 0 Å². The topological polar surface area (TPSA) is 40.5 Å². The molecule has 15 heavy (non-hydrogen) atoms. The molecule has 0 aliphatic carbocycles. The first kappa shape index (κ1) is 14.4. The van der Waals surface area contributed by atoms with Crippen LogP contribution in [0.3, 0.4) is 0 Å². The maximum Gasteiger partial charge on any atom is 0.223 e. The normalized spacial score (nSPS) is 11.1. The smallest absolute Gasteiger partial charge is 0.223 e. The molecule has 0 aromatic heterocycles. The molecule has 1 N–H and O–H groups in total. The van der Waals surface area contributed by atoms with Crippen LogP contribution in [0, 0.1) is 5.92 Å². The number of carbonyl (C=O) groups excluding carboxylic acids is 1. The van der Waals surface area contributed by atoms with Crippen LogP contribution in [0.4, 0.5) is 0 Å². The lowest BCUT2D eigenvalue weighted by molar-refractivity contribution is -0.135. The van der Waals surface area contributed by atoms with Gasteiger partial charge >= 0.3 is 0 Å². The van der Waals surface area contributed by atoms with Crippen molar-refractivity contribution in [3.8, 4) is 0 Å². The number of hydrogen-bond donors (Lipinski definition) is 1. The first-order chi connectivity index (χ1) is 7.06. The summed E-state index contributed by atoms with van der Waals surface area (Å²) in [7, 11) is 0. The van der Waals surface area contributed by atoms with Crippen LogP contribution in [0.25, 0.3) is 0 Å². The van der Waals surface area contributed by atoms with Crippen LogP contribution in [0.2, 0.25) is 0 Å². The van der Waals surface area contributed by atoms with Crippen molar-refractivity contribution >= 4 is 5.91 Å². The largest absolute Gasteiger partial charge is 0.395 e. The van der Waals surface area contributed by atoms with Gasteiger partial charge in [0.05, 0.1) is 6.61 Å². The highest BCUT2D eigenvalue weighted by Crippen LogP contribution is 2.12. The van der Waals surface area contributed by atoms with E-state index in [1.54, 1.807) is 0 Å². The minimum atomic E-state index is 0.0559. The van der Waals surface area contributed by atoms with Gasteiger partial charge in [0.15, 0.2) is 0 Å². The van der Waals surface area contributed by atoms with Crippen LogP contribution in [-0.4, -0.2) is 35.1 Å². The van der Waals surface area contributed by atoms with E-state index in [1.165, 1.54) is 0 Å². The van der Waals surface area contributed by atoms with Gasteiger partial charge in [-0.05, 0) is 18.8 Å². The van der Waals surface area contributed by atoms with Crippen LogP contribution >= 0.6 is 0 Å². The number of rotatable bonds is 7. The summed E-state index contributed by atoms with van der Waals surface area (Å²) in [6.07, 6.45) is 2.50. The lowest BCUT2D eigenvalue weighted by Gasteiger charge is -2.30. The van der Waals surface area contributed by atoms with Crippen molar-refractivity contribution < 1.29 is 9.90 Å². The highest BCUT2D eigenvalue weighted by Gasteiger charge is 2.20. The zero-order valence-corrected chi connectivity index (χ0v) is 10.5. The predicted molar refractivity (Wildman–Crippen MR) is 62.6 cm³/mol. The van der Waals surface area contributed by atoms with Crippen molar-refractivity contribution in [2.75, 3.05) is 13.2 Å². The molecule has 0 unspecified atom stereocenters. The lowest BCUT2D eigenvalue weighted by Crippen LogP contribution is -2.42. The predicted octanol–water partition coefficient (Wildman–Crippen LogP) is 2.04. The molecular weight excluding hydrogens is 190 g/mol. The Morgan fingerprint density at radius 2 is 1.80 bits per heavy atom. The van der Waals surface area contributed by atoms with E-state index in [0.29, 0.717) is 18.9 Å². The SMILES string of the molecule is CCC(CC)N(CCO)C(=O)CC(C)C. The summed E-state index contributed by atoms with van der Waals surface area (Å²) < 4.78 is 0. The van der Waals surface area contributed by atoms with Gasteiger partial charge in [-0.1, -0.05) is 27.7 Å². The van der Waals surface area contributed by atoms with Gasteiger partial charge in [0, 0.05) is 19.0 Å². The summed E-state index contributed by atoms with van der Waals surface area (Å²) in [5.41, 5.74) is 0. The molecule has 0 atom stereocenters. The standard InChI is InChI=1S/C12H25NO2/c1-5-11(6-2)13(7-8-14)12(15)9-10(3)4/h10-11,14H,5-9H2,1-4H3. The number of aliphatic hydroxyl groups excluding tert-OH is 1. The number of nitrogens with zero attached hydrogens (tertiary/aromatic N) is 1. The summed E-state index contributed by atoms with van der Waals surface area (Å²) >= 11 is 0. The molecule has 0 aliphatic heterocycles. The second-order valence-electron chi connectivity index (χ2n) is 4.38. The fourth-order valence-electron chi connectivity index (χ4n) is 1.81. The van der Waals surface area contributed by atoms with E-state index < -0.39 is 0 Å². The van der Waals surface area contributed by atoms with E-state index in [9.17, 15) is 4.79 Å². The maximum atomic E-state index is 11.9. The average Bonchev–Trinajstić information content (AvgIpc) is 2.17. The molecule has 0 aromatic rings. The van der Waals surface area contributed by atoms with Crippen molar-refractivity contribution in [2.24, 2.45) is 5.92 Å². The Morgan fingerprint density at radius 3 is 2.13 bits per heavy atom. The molecule has 1 amide bonds. The van der Waals surface area contributed by atoms with Gasteiger partial charge in [-0.2, -0.15) is 0 Å². The third-order valence-electron chi connectivity index (χ3n) is 2.63. The van der Waals surface area contributed by atoms with Gasteiger partial charge in [-0.25, -0.2) is 0 Å². The van der Waals surface area contributed by atoms with Gasteiger partial charge in [0.2, 0.25) is 5.91 Å². The van der Waals surface area contributed by atoms with Crippen LogP contribution < -0.4 is 0 Å². The summed E-state index contributed by atoms with van der Waals surface area (Å²) in [4.78, 5) is 13.8. The highest BCUT2D eigenvalue weighted by atomic mass is 16.3. The van der Waals surface area contributed by atoms with Crippen LogP contribution in [0.5, 0.6) is 0 Å². The molecule has 0 spiro atoms. The fraction of sp³-hybridized carbons (Fsp3) is 0.917. The first-order valence-corrected chi connectivity index (χ1v) is 5.97.